The van der Waals surface area contributed by atoms with Gasteiger partial charge in [0.1, 0.15) is 10.7 Å². The van der Waals surface area contributed by atoms with Crippen LogP contribution in [0.2, 0.25) is 5.02 Å². The molecule has 0 saturated heterocycles. The Morgan fingerprint density at radius 2 is 1.41 bits per heavy atom. The minimum Gasteiger partial charge on any atom is -0.385 e. The third-order valence-electron chi connectivity index (χ3n) is 4.16. The maximum absolute atomic E-state index is 11.3. The van der Waals surface area contributed by atoms with Crippen molar-refractivity contribution in [1.82, 2.24) is 0 Å². The van der Waals surface area contributed by atoms with Crippen LogP contribution in [0, 0.1) is 37.3 Å². The molecule has 0 aliphatic rings. The summed E-state index contributed by atoms with van der Waals surface area (Å²) < 4.78 is 0. The van der Waals surface area contributed by atoms with Crippen molar-refractivity contribution in [2.75, 3.05) is 23.7 Å². The van der Waals surface area contributed by atoms with Gasteiger partial charge in [0.05, 0.1) is 20.8 Å². The highest BCUT2D eigenvalue weighted by Gasteiger charge is 2.27. The van der Waals surface area contributed by atoms with Crippen LogP contribution in [0.3, 0.4) is 0 Å². The van der Waals surface area contributed by atoms with Crippen molar-refractivity contribution < 1.29 is 14.8 Å². The fraction of sp³-hybridized carbons (Fsp3) is 0.294. The minimum atomic E-state index is -0.754. The third-order valence-corrected chi connectivity index (χ3v) is 4.64. The van der Waals surface area contributed by atoms with Crippen LogP contribution in [0.1, 0.15) is 18.4 Å². The van der Waals surface area contributed by atoms with E-state index in [0.717, 1.165) is 18.2 Å². The van der Waals surface area contributed by atoms with Gasteiger partial charge in [0.15, 0.2) is 0 Å². The predicted octanol–water partition coefficient (Wildman–Crippen LogP) is 4.68. The first-order chi connectivity index (χ1) is 13.7. The van der Waals surface area contributed by atoms with Crippen LogP contribution in [-0.4, -0.2) is 27.9 Å². The average molecular weight is 424 g/mol. The van der Waals surface area contributed by atoms with E-state index in [-0.39, 0.29) is 22.0 Å². The summed E-state index contributed by atoms with van der Waals surface area (Å²) in [6.07, 6.45) is 1.38. The number of rotatable bonds is 10. The zero-order valence-electron chi connectivity index (χ0n) is 15.4. The lowest BCUT2D eigenvalue weighted by Crippen LogP contribution is -2.09. The van der Waals surface area contributed by atoms with Crippen molar-refractivity contribution in [3.8, 4) is 0 Å². The van der Waals surface area contributed by atoms with Gasteiger partial charge in [-0.25, -0.2) is 0 Å². The maximum atomic E-state index is 11.3. The Kier molecular flexibility index (Phi) is 7.26. The topological polar surface area (TPSA) is 153 Å². The van der Waals surface area contributed by atoms with Gasteiger partial charge >= 0.3 is 0 Å². The fourth-order valence-corrected chi connectivity index (χ4v) is 2.87. The van der Waals surface area contributed by atoms with Crippen molar-refractivity contribution in [1.29, 1.82) is 0 Å². The summed E-state index contributed by atoms with van der Waals surface area (Å²) in [5, 5.41) is 38.8. The van der Waals surface area contributed by atoms with Crippen molar-refractivity contribution in [3.63, 3.8) is 0 Å². The highest BCUT2D eigenvalue weighted by molar-refractivity contribution is 6.34. The van der Waals surface area contributed by atoms with E-state index >= 15 is 0 Å². The number of benzene rings is 2. The number of unbranched alkanes of at least 4 members (excludes halogenated alkanes) is 1. The van der Waals surface area contributed by atoms with Crippen molar-refractivity contribution in [3.05, 3.63) is 71.3 Å². The lowest BCUT2D eigenvalue weighted by Gasteiger charge is -2.12. The molecule has 11 nitrogen and oxygen atoms in total. The van der Waals surface area contributed by atoms with Gasteiger partial charge in [0, 0.05) is 36.5 Å². The van der Waals surface area contributed by atoms with Gasteiger partial charge in [-0.15, -0.1) is 0 Å². The lowest BCUT2D eigenvalue weighted by molar-refractivity contribution is -0.393. The highest BCUT2D eigenvalue weighted by atomic mass is 35.5. The van der Waals surface area contributed by atoms with Gasteiger partial charge in [-0.05, 0) is 31.9 Å². The highest BCUT2D eigenvalue weighted by Crippen LogP contribution is 2.39. The van der Waals surface area contributed by atoms with Gasteiger partial charge in [-0.2, -0.15) is 0 Å². The first kappa shape index (κ1) is 21.8. The summed E-state index contributed by atoms with van der Waals surface area (Å²) in [5.74, 6) is 0. The zero-order chi connectivity index (χ0) is 21.6. The van der Waals surface area contributed by atoms with E-state index in [1.807, 2.05) is 0 Å². The van der Waals surface area contributed by atoms with Crippen molar-refractivity contribution in [2.45, 2.75) is 19.8 Å². The third kappa shape index (κ3) is 5.51. The number of anilines is 2. The van der Waals surface area contributed by atoms with E-state index in [0.29, 0.717) is 19.5 Å². The molecule has 0 aliphatic heterocycles. The first-order valence-electron chi connectivity index (χ1n) is 8.56. The van der Waals surface area contributed by atoms with Gasteiger partial charge < -0.3 is 10.6 Å². The summed E-state index contributed by atoms with van der Waals surface area (Å²) >= 11 is 5.97. The molecule has 12 heteroatoms. The molecule has 2 aromatic carbocycles. The molecule has 0 radical (unpaired) electrons. The summed E-state index contributed by atoms with van der Waals surface area (Å²) in [6, 6.07) is 6.89. The molecule has 0 unspecified atom stereocenters. The first-order valence-corrected chi connectivity index (χ1v) is 8.94. The second-order valence-corrected chi connectivity index (χ2v) is 6.49. The molecule has 2 N–H and O–H groups in total. The second kappa shape index (κ2) is 9.64. The fourth-order valence-electron chi connectivity index (χ4n) is 2.66. The smallest absolute Gasteiger partial charge is 0.299 e. The van der Waals surface area contributed by atoms with Gasteiger partial charge in [0.2, 0.25) is 0 Å². The van der Waals surface area contributed by atoms with Gasteiger partial charge in [-0.3, -0.25) is 30.3 Å². The van der Waals surface area contributed by atoms with Crippen LogP contribution in [-0.2, 0) is 0 Å². The molecule has 0 atom stereocenters. The molecule has 0 saturated carbocycles. The number of nitrogens with zero attached hydrogens (tertiary/aromatic N) is 3. The maximum Gasteiger partial charge on any atom is 0.299 e. The van der Waals surface area contributed by atoms with Crippen molar-refractivity contribution >= 4 is 40.0 Å². The SMILES string of the molecule is Cc1c(Cl)c([N+](=O)[O-])cc([N+](=O)[O-])c1NCCCCNc1ccc([N+](=O)[O-])cc1. The normalized spacial score (nSPS) is 10.4. The van der Waals surface area contributed by atoms with E-state index in [9.17, 15) is 30.3 Å². The predicted molar refractivity (Wildman–Crippen MR) is 109 cm³/mol. The van der Waals surface area contributed by atoms with E-state index in [1.165, 1.54) is 19.1 Å². The Bertz CT molecular complexity index is 935. The van der Waals surface area contributed by atoms with Gasteiger partial charge in [0.25, 0.3) is 17.1 Å². The van der Waals surface area contributed by atoms with Crippen LogP contribution in [0.25, 0.3) is 0 Å². The van der Waals surface area contributed by atoms with Crippen LogP contribution in [0.4, 0.5) is 28.4 Å². The number of nitro groups is 3. The molecule has 0 amide bonds. The molecule has 29 heavy (non-hydrogen) atoms. The average Bonchev–Trinajstić information content (AvgIpc) is 2.67. The molecule has 154 valence electrons. The van der Waals surface area contributed by atoms with Crippen LogP contribution in [0.15, 0.2) is 30.3 Å². The van der Waals surface area contributed by atoms with Crippen molar-refractivity contribution in [2.24, 2.45) is 0 Å². The number of nitrogens with one attached hydrogen (secondary N) is 2. The Morgan fingerprint density at radius 3 is 1.93 bits per heavy atom. The summed E-state index contributed by atoms with van der Waals surface area (Å²) in [4.78, 5) is 31.0. The Balaban J connectivity index is 1.90. The molecular formula is C17H18ClN5O6. The number of nitro benzene ring substituents is 3. The Morgan fingerprint density at radius 1 is 0.862 bits per heavy atom. The van der Waals surface area contributed by atoms with E-state index in [2.05, 4.69) is 10.6 Å². The number of halogens is 1. The lowest BCUT2D eigenvalue weighted by atomic mass is 10.1. The molecule has 0 aliphatic carbocycles. The van der Waals surface area contributed by atoms with Crippen LogP contribution < -0.4 is 10.6 Å². The molecule has 0 spiro atoms. The van der Waals surface area contributed by atoms with E-state index in [1.54, 1.807) is 12.1 Å². The number of hydrogen-bond acceptors (Lipinski definition) is 8. The summed E-state index contributed by atoms with van der Waals surface area (Å²) in [6.45, 7) is 2.49. The monoisotopic (exact) mass is 423 g/mol. The number of hydrogen-bond donors (Lipinski definition) is 2. The van der Waals surface area contributed by atoms with Gasteiger partial charge in [-0.1, -0.05) is 11.6 Å². The summed E-state index contributed by atoms with van der Waals surface area (Å²) in [7, 11) is 0. The molecular weight excluding hydrogens is 406 g/mol. The minimum absolute atomic E-state index is 0.0125. The Labute approximate surface area is 170 Å². The standard InChI is InChI=1S/C17H18ClN5O6/c1-11-16(18)14(22(26)27)10-15(23(28)29)17(11)20-9-3-2-8-19-12-4-6-13(7-5-12)21(24)25/h4-7,10,19-20H,2-3,8-9H2,1H3. The molecule has 0 heterocycles. The molecule has 2 rings (SSSR count). The van der Waals surface area contributed by atoms with E-state index in [4.69, 9.17) is 11.6 Å². The molecule has 0 fully saturated rings. The molecule has 0 bridgehead atoms. The largest absolute Gasteiger partial charge is 0.385 e. The Hall–Kier alpha value is -3.47. The van der Waals surface area contributed by atoms with Crippen LogP contribution in [0.5, 0.6) is 0 Å². The van der Waals surface area contributed by atoms with Crippen LogP contribution >= 0.6 is 11.6 Å². The summed E-state index contributed by atoms with van der Waals surface area (Å²) in [5.41, 5.74) is 0.262. The van der Waals surface area contributed by atoms with E-state index < -0.39 is 26.1 Å². The number of non-ortho nitro benzene ring substituents is 1. The molecule has 0 aromatic heterocycles. The second-order valence-electron chi connectivity index (χ2n) is 6.11. The quantitative estimate of drug-likeness (QED) is 0.317. The molecule has 2 aromatic rings. The zero-order valence-corrected chi connectivity index (χ0v) is 16.1.